The molecule has 26 heavy (non-hydrogen) atoms. The van der Waals surface area contributed by atoms with E-state index in [4.69, 9.17) is 0 Å². The Morgan fingerprint density at radius 1 is 1.23 bits per heavy atom. The molecule has 2 amide bonds. The van der Waals surface area contributed by atoms with E-state index in [1.54, 1.807) is 13.8 Å². The van der Waals surface area contributed by atoms with Crippen molar-refractivity contribution in [1.82, 2.24) is 10.2 Å². The average molecular weight is 360 g/mol. The number of nitrogens with zero attached hydrogens (tertiary/aromatic N) is 1. The number of hydrogen-bond acceptors (Lipinski definition) is 3. The van der Waals surface area contributed by atoms with E-state index in [1.165, 1.54) is 0 Å². The second kappa shape index (κ2) is 7.10. The molecule has 1 unspecified atom stereocenters. The van der Waals surface area contributed by atoms with Gasteiger partial charge in [0.05, 0.1) is 5.41 Å². The minimum absolute atomic E-state index is 0.184. The Labute approximate surface area is 155 Å². The molecule has 1 aromatic rings. The van der Waals surface area contributed by atoms with Crippen LogP contribution in [0.2, 0.25) is 0 Å². The molecule has 2 aliphatic rings. The smallest absolute Gasteiger partial charge is 0.236 e. The number of nitrogens with one attached hydrogen (secondary N) is 1. The number of amides is 2. The highest BCUT2D eigenvalue weighted by atomic mass is 19.1. The van der Waals surface area contributed by atoms with Gasteiger partial charge < -0.3 is 4.90 Å². The van der Waals surface area contributed by atoms with Crippen LogP contribution in [0.25, 0.3) is 0 Å². The second-order valence-electron chi connectivity index (χ2n) is 8.25. The largest absolute Gasteiger partial charge is 0.301 e. The van der Waals surface area contributed by atoms with Crippen molar-refractivity contribution in [1.29, 1.82) is 0 Å². The van der Waals surface area contributed by atoms with Gasteiger partial charge in [-0.15, -0.1) is 0 Å². The Bertz CT molecular complexity index is 723. The lowest BCUT2D eigenvalue weighted by Gasteiger charge is -2.36. The van der Waals surface area contributed by atoms with Crippen LogP contribution in [0.5, 0.6) is 0 Å². The molecule has 4 nitrogen and oxygen atoms in total. The number of halogens is 1. The molecule has 0 spiro atoms. The van der Waals surface area contributed by atoms with E-state index in [0.717, 1.165) is 31.5 Å². The first kappa shape index (κ1) is 19.0. The maximum absolute atomic E-state index is 15.2. The van der Waals surface area contributed by atoms with Crippen LogP contribution >= 0.6 is 0 Å². The van der Waals surface area contributed by atoms with Crippen molar-refractivity contribution in [3.8, 4) is 0 Å². The van der Waals surface area contributed by atoms with Crippen molar-refractivity contribution >= 4 is 11.8 Å². The highest BCUT2D eigenvalue weighted by molar-refractivity contribution is 6.03. The van der Waals surface area contributed by atoms with Gasteiger partial charge in [-0.1, -0.05) is 12.1 Å². The summed E-state index contributed by atoms with van der Waals surface area (Å²) in [6.07, 6.45) is 2.63. The summed E-state index contributed by atoms with van der Waals surface area (Å²) < 4.78 is 15.2. The average Bonchev–Trinajstić information content (AvgIpc) is 2.61. The molecule has 2 saturated heterocycles. The molecule has 0 saturated carbocycles. The van der Waals surface area contributed by atoms with Gasteiger partial charge in [-0.25, -0.2) is 4.39 Å². The van der Waals surface area contributed by atoms with E-state index in [9.17, 15) is 9.59 Å². The minimum atomic E-state index is -0.849. The monoisotopic (exact) mass is 360 g/mol. The van der Waals surface area contributed by atoms with Crippen LogP contribution in [0.4, 0.5) is 4.39 Å². The zero-order valence-electron chi connectivity index (χ0n) is 16.2. The predicted molar refractivity (Wildman–Crippen MR) is 99.6 cm³/mol. The number of piperidine rings is 2. The summed E-state index contributed by atoms with van der Waals surface area (Å²) in [6, 6.07) is 4.29. The minimum Gasteiger partial charge on any atom is -0.301 e. The Kier molecular flexibility index (Phi) is 5.20. The molecule has 0 aliphatic carbocycles. The molecule has 0 radical (unpaired) electrons. The number of likely N-dealkylation sites (tertiary alicyclic amines) is 1. The van der Waals surface area contributed by atoms with Gasteiger partial charge in [-0.2, -0.15) is 0 Å². The molecule has 0 aromatic heterocycles. The number of carbonyl (C=O) groups excluding carboxylic acids is 2. The lowest BCUT2D eigenvalue weighted by Crippen LogP contribution is -2.50. The van der Waals surface area contributed by atoms with E-state index >= 15 is 4.39 Å². The molecule has 1 aromatic carbocycles. The quantitative estimate of drug-likeness (QED) is 0.841. The Morgan fingerprint density at radius 3 is 2.46 bits per heavy atom. The molecule has 5 heteroatoms. The van der Waals surface area contributed by atoms with E-state index < -0.39 is 5.41 Å². The fourth-order valence-corrected chi connectivity index (χ4v) is 4.41. The predicted octanol–water partition coefficient (Wildman–Crippen LogP) is 3.42. The highest BCUT2D eigenvalue weighted by Crippen LogP contribution is 2.38. The molecule has 1 N–H and O–H groups in total. The van der Waals surface area contributed by atoms with Gasteiger partial charge in [0.25, 0.3) is 0 Å². The van der Waals surface area contributed by atoms with E-state index in [0.29, 0.717) is 30.0 Å². The van der Waals surface area contributed by atoms with Crippen LogP contribution in [-0.2, 0) is 15.0 Å². The zero-order chi connectivity index (χ0) is 19.1. The summed E-state index contributed by atoms with van der Waals surface area (Å²) >= 11 is 0. The van der Waals surface area contributed by atoms with Crippen LogP contribution in [0.1, 0.15) is 69.1 Å². The summed E-state index contributed by atoms with van der Waals surface area (Å²) in [5.41, 5.74) is 1.16. The first-order valence-corrected chi connectivity index (χ1v) is 9.62. The van der Waals surface area contributed by atoms with Gasteiger partial charge in [0.1, 0.15) is 5.82 Å². The van der Waals surface area contributed by atoms with Crippen LogP contribution in [0.3, 0.4) is 0 Å². The van der Waals surface area contributed by atoms with Gasteiger partial charge >= 0.3 is 0 Å². The van der Waals surface area contributed by atoms with E-state index in [1.807, 2.05) is 12.1 Å². The molecular weight excluding hydrogens is 331 g/mol. The third kappa shape index (κ3) is 3.29. The summed E-state index contributed by atoms with van der Waals surface area (Å²) in [5, 5.41) is 2.40. The standard InChI is InChI=1S/C21H29FN2O2/c1-13(2)24-11-8-15(9-12-24)16-5-6-17(14(3)19(16)22)21(4)10-7-18(25)23-20(21)26/h5-6,13,15H,7-12H2,1-4H3,(H,23,25,26). The van der Waals surface area contributed by atoms with E-state index in [2.05, 4.69) is 24.1 Å². The summed E-state index contributed by atoms with van der Waals surface area (Å²) in [4.78, 5) is 26.3. The van der Waals surface area contributed by atoms with Crippen molar-refractivity contribution in [2.24, 2.45) is 0 Å². The van der Waals surface area contributed by atoms with Gasteiger partial charge in [0.2, 0.25) is 11.8 Å². The molecular formula is C21H29FN2O2. The topological polar surface area (TPSA) is 49.4 Å². The van der Waals surface area contributed by atoms with Crippen LogP contribution in [0.15, 0.2) is 12.1 Å². The number of rotatable bonds is 3. The second-order valence-corrected chi connectivity index (χ2v) is 8.25. The van der Waals surface area contributed by atoms with Crippen molar-refractivity contribution in [3.63, 3.8) is 0 Å². The summed E-state index contributed by atoms with van der Waals surface area (Å²) in [6.45, 7) is 9.93. The normalized spacial score (nSPS) is 25.6. The molecule has 142 valence electrons. The maximum Gasteiger partial charge on any atom is 0.236 e. The zero-order valence-corrected chi connectivity index (χ0v) is 16.2. The molecule has 0 bridgehead atoms. The molecule has 1 atom stereocenters. The SMILES string of the molecule is Cc1c(C2(C)CCC(=O)NC2=O)ccc(C2CCN(C(C)C)CC2)c1F. The molecule has 2 aliphatic heterocycles. The molecule has 2 heterocycles. The molecule has 3 rings (SSSR count). The third-order valence-corrected chi connectivity index (χ3v) is 6.32. The van der Waals surface area contributed by atoms with Crippen molar-refractivity contribution in [2.45, 2.75) is 70.8 Å². The number of imide groups is 1. The fraction of sp³-hybridized carbons (Fsp3) is 0.619. The van der Waals surface area contributed by atoms with Crippen molar-refractivity contribution < 1.29 is 14.0 Å². The van der Waals surface area contributed by atoms with Crippen LogP contribution in [0, 0.1) is 12.7 Å². The Hall–Kier alpha value is -1.75. The van der Waals surface area contributed by atoms with Crippen LogP contribution < -0.4 is 5.32 Å². The van der Waals surface area contributed by atoms with E-state index in [-0.39, 0.29) is 23.5 Å². The summed E-state index contributed by atoms with van der Waals surface area (Å²) in [7, 11) is 0. The van der Waals surface area contributed by atoms with Crippen LogP contribution in [-0.4, -0.2) is 35.8 Å². The first-order valence-electron chi connectivity index (χ1n) is 9.62. The van der Waals surface area contributed by atoms with Crippen molar-refractivity contribution in [2.75, 3.05) is 13.1 Å². The van der Waals surface area contributed by atoms with Crippen molar-refractivity contribution in [3.05, 3.63) is 34.6 Å². The number of hydrogen-bond donors (Lipinski definition) is 1. The lowest BCUT2D eigenvalue weighted by atomic mass is 9.73. The highest BCUT2D eigenvalue weighted by Gasteiger charge is 2.41. The summed E-state index contributed by atoms with van der Waals surface area (Å²) in [5.74, 6) is -0.530. The fourth-order valence-electron chi connectivity index (χ4n) is 4.41. The van der Waals surface area contributed by atoms with Gasteiger partial charge in [-0.05, 0) is 82.7 Å². The Balaban J connectivity index is 1.86. The van der Waals surface area contributed by atoms with Gasteiger partial charge in [0, 0.05) is 12.5 Å². The molecule has 2 fully saturated rings. The Morgan fingerprint density at radius 2 is 1.88 bits per heavy atom. The third-order valence-electron chi connectivity index (χ3n) is 6.32. The number of carbonyl (C=O) groups is 2. The lowest BCUT2D eigenvalue weighted by molar-refractivity contribution is -0.137. The number of benzene rings is 1. The maximum atomic E-state index is 15.2. The van der Waals surface area contributed by atoms with Gasteiger partial charge in [-0.3, -0.25) is 14.9 Å². The first-order chi connectivity index (χ1) is 12.2. The van der Waals surface area contributed by atoms with Gasteiger partial charge in [0.15, 0.2) is 0 Å².